The van der Waals surface area contributed by atoms with Crippen LogP contribution in [0.3, 0.4) is 0 Å². The SMILES string of the molecule is CCc1ccc(NC(=O)C(=O)N/N=C\c2ccc(OCc3ccc(Cl)cc3Cl)cc2)cc1. The van der Waals surface area contributed by atoms with Gasteiger partial charge in [0.2, 0.25) is 0 Å². The minimum absolute atomic E-state index is 0.301. The number of carbonyl (C=O) groups is 2. The molecule has 3 rings (SSSR count). The lowest BCUT2D eigenvalue weighted by Gasteiger charge is -2.08. The normalized spacial score (nSPS) is 10.7. The molecule has 0 atom stereocenters. The van der Waals surface area contributed by atoms with Gasteiger partial charge in [-0.25, -0.2) is 5.43 Å². The number of aryl methyl sites for hydroxylation is 1. The van der Waals surface area contributed by atoms with Crippen LogP contribution in [0, 0.1) is 0 Å². The van der Waals surface area contributed by atoms with E-state index in [4.69, 9.17) is 27.9 Å². The lowest BCUT2D eigenvalue weighted by Crippen LogP contribution is -2.32. The molecule has 8 heteroatoms. The predicted octanol–water partition coefficient (Wildman–Crippen LogP) is 5.22. The molecule has 0 aromatic heterocycles. The molecule has 0 aliphatic rings. The second-order valence-corrected chi connectivity index (χ2v) is 7.64. The van der Waals surface area contributed by atoms with Gasteiger partial charge in [-0.3, -0.25) is 9.59 Å². The van der Waals surface area contributed by atoms with Gasteiger partial charge in [-0.15, -0.1) is 0 Å². The topological polar surface area (TPSA) is 79.8 Å². The van der Waals surface area contributed by atoms with Crippen molar-refractivity contribution in [3.63, 3.8) is 0 Å². The maximum atomic E-state index is 12.0. The van der Waals surface area contributed by atoms with Crippen molar-refractivity contribution < 1.29 is 14.3 Å². The number of nitrogens with zero attached hydrogens (tertiary/aromatic N) is 1. The number of nitrogens with one attached hydrogen (secondary N) is 2. The average molecular weight is 470 g/mol. The van der Waals surface area contributed by atoms with Gasteiger partial charge < -0.3 is 10.1 Å². The van der Waals surface area contributed by atoms with E-state index in [1.54, 1.807) is 48.5 Å². The number of hydrazone groups is 1. The smallest absolute Gasteiger partial charge is 0.329 e. The largest absolute Gasteiger partial charge is 0.489 e. The highest BCUT2D eigenvalue weighted by molar-refractivity contribution is 6.39. The Labute approximate surface area is 196 Å². The number of anilines is 1. The van der Waals surface area contributed by atoms with Gasteiger partial charge in [-0.05, 0) is 66.1 Å². The van der Waals surface area contributed by atoms with E-state index in [0.717, 1.165) is 23.1 Å². The van der Waals surface area contributed by atoms with E-state index >= 15 is 0 Å². The fourth-order valence-electron chi connectivity index (χ4n) is 2.68. The average Bonchev–Trinajstić information content (AvgIpc) is 2.80. The highest BCUT2D eigenvalue weighted by Crippen LogP contribution is 2.22. The van der Waals surface area contributed by atoms with Crippen molar-refractivity contribution >= 4 is 46.9 Å². The van der Waals surface area contributed by atoms with Crippen LogP contribution in [-0.2, 0) is 22.6 Å². The number of benzene rings is 3. The van der Waals surface area contributed by atoms with Gasteiger partial charge in [-0.1, -0.05) is 48.3 Å². The summed E-state index contributed by atoms with van der Waals surface area (Å²) in [5.41, 5.74) is 5.44. The Morgan fingerprint density at radius 1 is 0.969 bits per heavy atom. The fourth-order valence-corrected chi connectivity index (χ4v) is 3.14. The van der Waals surface area contributed by atoms with Crippen LogP contribution < -0.4 is 15.5 Å². The second-order valence-electron chi connectivity index (χ2n) is 6.80. The number of carbonyl (C=O) groups excluding carboxylic acids is 2. The summed E-state index contributed by atoms with van der Waals surface area (Å²) < 4.78 is 5.72. The number of ether oxygens (including phenoxy) is 1. The van der Waals surface area contributed by atoms with Crippen molar-refractivity contribution in [2.75, 3.05) is 5.32 Å². The van der Waals surface area contributed by atoms with Crippen LogP contribution in [0.4, 0.5) is 5.69 Å². The first-order valence-electron chi connectivity index (χ1n) is 9.84. The van der Waals surface area contributed by atoms with Gasteiger partial charge in [0.25, 0.3) is 0 Å². The Morgan fingerprint density at radius 3 is 2.34 bits per heavy atom. The van der Waals surface area contributed by atoms with Crippen molar-refractivity contribution in [2.45, 2.75) is 20.0 Å². The van der Waals surface area contributed by atoms with Crippen molar-refractivity contribution in [1.29, 1.82) is 0 Å². The summed E-state index contributed by atoms with van der Waals surface area (Å²) >= 11 is 12.0. The van der Waals surface area contributed by atoms with Crippen LogP contribution in [-0.4, -0.2) is 18.0 Å². The number of amides is 2. The molecule has 0 saturated heterocycles. The molecule has 164 valence electrons. The van der Waals surface area contributed by atoms with Gasteiger partial charge in [0, 0.05) is 21.3 Å². The van der Waals surface area contributed by atoms with Crippen molar-refractivity contribution in [3.05, 3.63) is 93.5 Å². The highest BCUT2D eigenvalue weighted by Gasteiger charge is 2.12. The minimum Gasteiger partial charge on any atom is -0.489 e. The summed E-state index contributed by atoms with van der Waals surface area (Å²) in [4.78, 5) is 23.9. The van der Waals surface area contributed by atoms with E-state index in [1.165, 1.54) is 6.21 Å². The van der Waals surface area contributed by atoms with Gasteiger partial charge >= 0.3 is 11.8 Å². The van der Waals surface area contributed by atoms with Crippen LogP contribution in [0.2, 0.25) is 10.0 Å². The Bertz CT molecular complexity index is 1110. The molecule has 0 saturated carbocycles. The molecule has 2 N–H and O–H groups in total. The molecule has 0 aliphatic heterocycles. The van der Waals surface area contributed by atoms with E-state index in [0.29, 0.717) is 28.1 Å². The summed E-state index contributed by atoms with van der Waals surface area (Å²) in [5, 5.41) is 7.45. The molecule has 6 nitrogen and oxygen atoms in total. The standard InChI is InChI=1S/C24H21Cl2N3O3/c1-2-16-3-9-20(10-4-16)28-23(30)24(31)29-27-14-17-5-11-21(12-6-17)32-15-18-7-8-19(25)13-22(18)26/h3-14H,2,15H2,1H3,(H,28,30)(H,29,31)/b27-14-. The van der Waals surface area contributed by atoms with E-state index in [1.807, 2.05) is 25.1 Å². The van der Waals surface area contributed by atoms with Crippen molar-refractivity contribution in [2.24, 2.45) is 5.10 Å². The molecule has 0 heterocycles. The lowest BCUT2D eigenvalue weighted by molar-refractivity contribution is -0.136. The number of hydrogen-bond donors (Lipinski definition) is 2. The Hall–Kier alpha value is -3.35. The molecule has 2 amide bonds. The molecule has 3 aromatic rings. The molecular weight excluding hydrogens is 449 g/mol. The third-order valence-corrected chi connectivity index (χ3v) is 5.08. The van der Waals surface area contributed by atoms with E-state index in [9.17, 15) is 9.59 Å². The zero-order chi connectivity index (χ0) is 22.9. The van der Waals surface area contributed by atoms with Crippen LogP contribution in [0.5, 0.6) is 5.75 Å². The third kappa shape index (κ3) is 6.83. The van der Waals surface area contributed by atoms with Gasteiger partial charge in [0.15, 0.2) is 0 Å². The maximum Gasteiger partial charge on any atom is 0.329 e. The maximum absolute atomic E-state index is 12.0. The summed E-state index contributed by atoms with van der Waals surface area (Å²) in [5.74, 6) is -1.01. The first kappa shape index (κ1) is 23.3. The van der Waals surface area contributed by atoms with Crippen molar-refractivity contribution in [1.82, 2.24) is 5.43 Å². The lowest BCUT2D eigenvalue weighted by atomic mass is 10.1. The molecule has 0 radical (unpaired) electrons. The first-order chi connectivity index (χ1) is 15.4. The quantitative estimate of drug-likeness (QED) is 0.282. The summed E-state index contributed by atoms with van der Waals surface area (Å²) in [7, 11) is 0. The van der Waals surface area contributed by atoms with Gasteiger partial charge in [0.1, 0.15) is 12.4 Å². The Balaban J connectivity index is 1.47. The molecule has 32 heavy (non-hydrogen) atoms. The number of hydrogen-bond acceptors (Lipinski definition) is 4. The van der Waals surface area contributed by atoms with Crippen LogP contribution >= 0.6 is 23.2 Å². The van der Waals surface area contributed by atoms with Gasteiger partial charge in [-0.2, -0.15) is 5.10 Å². The Morgan fingerprint density at radius 2 is 1.69 bits per heavy atom. The van der Waals surface area contributed by atoms with E-state index < -0.39 is 11.8 Å². The van der Waals surface area contributed by atoms with Crippen molar-refractivity contribution in [3.8, 4) is 5.75 Å². The zero-order valence-corrected chi connectivity index (χ0v) is 18.8. The van der Waals surface area contributed by atoms with Crippen LogP contribution in [0.15, 0.2) is 71.8 Å². The number of rotatable bonds is 7. The fraction of sp³-hybridized carbons (Fsp3) is 0.125. The molecule has 0 spiro atoms. The van der Waals surface area contributed by atoms with E-state index in [-0.39, 0.29) is 0 Å². The highest BCUT2D eigenvalue weighted by atomic mass is 35.5. The first-order valence-corrected chi connectivity index (χ1v) is 10.6. The summed E-state index contributed by atoms with van der Waals surface area (Å²) in [6, 6.07) is 19.6. The van der Waals surface area contributed by atoms with Crippen LogP contribution in [0.25, 0.3) is 0 Å². The third-order valence-electron chi connectivity index (χ3n) is 4.50. The monoisotopic (exact) mass is 469 g/mol. The summed E-state index contributed by atoms with van der Waals surface area (Å²) in [6.45, 7) is 2.34. The molecule has 0 fully saturated rings. The summed E-state index contributed by atoms with van der Waals surface area (Å²) in [6.07, 6.45) is 2.33. The minimum atomic E-state index is -0.861. The zero-order valence-electron chi connectivity index (χ0n) is 17.3. The predicted molar refractivity (Wildman–Crippen MR) is 127 cm³/mol. The van der Waals surface area contributed by atoms with Gasteiger partial charge in [0.05, 0.1) is 6.21 Å². The second kappa shape index (κ2) is 11.3. The van der Waals surface area contributed by atoms with Crippen LogP contribution in [0.1, 0.15) is 23.6 Å². The van der Waals surface area contributed by atoms with E-state index in [2.05, 4.69) is 15.8 Å². The molecule has 0 bridgehead atoms. The molecular formula is C24H21Cl2N3O3. The Kier molecular flexibility index (Phi) is 8.25. The molecule has 0 unspecified atom stereocenters. The molecule has 3 aromatic carbocycles. The molecule has 0 aliphatic carbocycles. The number of halogens is 2.